The summed E-state index contributed by atoms with van der Waals surface area (Å²) in [7, 11) is -4.60. The lowest BCUT2D eigenvalue weighted by molar-refractivity contribution is 0.0997. The molecule has 2 heterocycles. The number of carbonyl (C=O) groups is 1. The van der Waals surface area contributed by atoms with Crippen LogP contribution in [0.2, 0.25) is 0 Å². The van der Waals surface area contributed by atoms with E-state index in [1.165, 1.54) is 48.1 Å². The molecule has 2 N–H and O–H groups in total. The van der Waals surface area contributed by atoms with Crippen molar-refractivity contribution >= 4 is 38.9 Å². The van der Waals surface area contributed by atoms with Crippen LogP contribution in [0, 0.1) is 0 Å². The van der Waals surface area contributed by atoms with Gasteiger partial charge in [-0.2, -0.15) is 5.10 Å². The van der Waals surface area contributed by atoms with Crippen molar-refractivity contribution in [3.05, 3.63) is 78.6 Å². The van der Waals surface area contributed by atoms with Gasteiger partial charge in [0.05, 0.1) is 34.7 Å². The normalized spacial score (nSPS) is 13.5. The maximum absolute atomic E-state index is 15.3. The minimum absolute atomic E-state index is 0.121. The van der Waals surface area contributed by atoms with Gasteiger partial charge in [0.2, 0.25) is 12.2 Å². The third-order valence-corrected chi connectivity index (χ3v) is 6.97. The molecule has 2 unspecified atom stereocenters. The highest BCUT2D eigenvalue weighted by Crippen LogP contribution is 2.31. The van der Waals surface area contributed by atoms with E-state index in [2.05, 4.69) is 10.1 Å². The van der Waals surface area contributed by atoms with E-state index in [1.54, 1.807) is 6.07 Å². The van der Waals surface area contributed by atoms with E-state index < -0.39 is 32.5 Å². The number of aromatic nitrogens is 3. The van der Waals surface area contributed by atoms with E-state index in [1.807, 2.05) is 30.3 Å². The van der Waals surface area contributed by atoms with Gasteiger partial charge in [-0.15, -0.1) is 11.6 Å². The molecule has 170 valence electrons. The van der Waals surface area contributed by atoms with Gasteiger partial charge in [0.15, 0.2) is 5.65 Å². The quantitative estimate of drug-likeness (QED) is 0.316. The number of rotatable bonds is 7. The number of sulfonamides is 1. The van der Waals surface area contributed by atoms with Crippen LogP contribution in [0.5, 0.6) is 0 Å². The number of nitrogens with zero attached hydrogens (tertiary/aromatic N) is 4. The third-order valence-electron chi connectivity index (χ3n) is 4.92. The maximum atomic E-state index is 15.3. The molecule has 0 spiro atoms. The molecule has 0 saturated carbocycles. The molecular formula is C22H19ClFN5O3S. The Morgan fingerprint density at radius 1 is 1.15 bits per heavy atom. The number of primary amides is 1. The third kappa shape index (κ3) is 4.27. The molecule has 0 saturated heterocycles. The summed E-state index contributed by atoms with van der Waals surface area (Å²) in [6.07, 6.45) is 0.383. The molecule has 8 nitrogen and oxygen atoms in total. The molecule has 4 aromatic rings. The van der Waals surface area contributed by atoms with Gasteiger partial charge in [-0.25, -0.2) is 26.6 Å². The minimum atomic E-state index is -4.60. The molecule has 0 bridgehead atoms. The van der Waals surface area contributed by atoms with Gasteiger partial charge in [0.25, 0.3) is 10.0 Å². The first-order valence-electron chi connectivity index (χ1n) is 9.82. The predicted molar refractivity (Wildman–Crippen MR) is 123 cm³/mol. The number of fused-ring (bicyclic) bond motifs is 1. The van der Waals surface area contributed by atoms with E-state index in [-0.39, 0.29) is 11.3 Å². The largest absolute Gasteiger partial charge is 0.366 e. The highest BCUT2D eigenvalue weighted by molar-refractivity contribution is 7.93. The Hall–Kier alpha value is -3.50. The molecule has 2 aromatic heterocycles. The number of halogens is 2. The molecule has 11 heteroatoms. The first-order valence-corrected chi connectivity index (χ1v) is 11.7. The van der Waals surface area contributed by atoms with Crippen molar-refractivity contribution in [2.45, 2.75) is 23.5 Å². The van der Waals surface area contributed by atoms with Crippen LogP contribution in [0.3, 0.4) is 0 Å². The van der Waals surface area contributed by atoms with Gasteiger partial charge in [-0.1, -0.05) is 42.5 Å². The van der Waals surface area contributed by atoms with E-state index in [0.29, 0.717) is 15.6 Å². The van der Waals surface area contributed by atoms with Crippen LogP contribution in [-0.2, 0) is 10.0 Å². The molecule has 0 aliphatic rings. The monoisotopic (exact) mass is 487 g/mol. The van der Waals surface area contributed by atoms with E-state index in [9.17, 15) is 13.2 Å². The van der Waals surface area contributed by atoms with E-state index in [0.717, 1.165) is 5.56 Å². The highest BCUT2D eigenvalue weighted by Gasteiger charge is 2.37. The molecular weight excluding hydrogens is 469 g/mol. The van der Waals surface area contributed by atoms with Crippen molar-refractivity contribution in [1.29, 1.82) is 0 Å². The number of hydrogen-bond acceptors (Lipinski definition) is 5. The van der Waals surface area contributed by atoms with Crippen molar-refractivity contribution in [1.82, 2.24) is 14.6 Å². The summed E-state index contributed by atoms with van der Waals surface area (Å²) in [4.78, 5) is 15.6. The number of carbonyl (C=O) groups excluding carboxylic acids is 1. The summed E-state index contributed by atoms with van der Waals surface area (Å²) >= 11 is 5.96. The second kappa shape index (κ2) is 8.80. The van der Waals surface area contributed by atoms with Gasteiger partial charge in [0, 0.05) is 11.6 Å². The van der Waals surface area contributed by atoms with Gasteiger partial charge < -0.3 is 5.73 Å². The second-order valence-electron chi connectivity index (χ2n) is 7.22. The fourth-order valence-corrected chi connectivity index (χ4v) is 5.24. The Labute approximate surface area is 194 Å². The SMILES string of the molecule is CC(Cl)C(F)N(c1cnc2cc(-c3ccccc3)nn2c1)S(=O)(=O)c1ccccc1C(N)=O. The Balaban J connectivity index is 1.87. The molecule has 1 amide bonds. The molecule has 0 fully saturated rings. The zero-order valence-electron chi connectivity index (χ0n) is 17.3. The maximum Gasteiger partial charge on any atom is 0.267 e. The zero-order chi connectivity index (χ0) is 23.8. The van der Waals surface area contributed by atoms with Crippen molar-refractivity contribution in [3.8, 4) is 11.3 Å². The summed E-state index contributed by atoms with van der Waals surface area (Å²) in [6, 6.07) is 16.4. The number of nitrogens with two attached hydrogens (primary N) is 1. The molecule has 2 aromatic carbocycles. The van der Waals surface area contributed by atoms with Crippen molar-refractivity contribution in [2.75, 3.05) is 4.31 Å². The van der Waals surface area contributed by atoms with Crippen LogP contribution in [0.4, 0.5) is 10.1 Å². The van der Waals surface area contributed by atoms with Crippen molar-refractivity contribution in [3.63, 3.8) is 0 Å². The first kappa shape index (κ1) is 22.7. The van der Waals surface area contributed by atoms with Crippen molar-refractivity contribution in [2.24, 2.45) is 5.73 Å². The minimum Gasteiger partial charge on any atom is -0.366 e. The number of benzene rings is 2. The molecule has 0 aliphatic carbocycles. The second-order valence-corrected chi connectivity index (χ2v) is 9.69. The van der Waals surface area contributed by atoms with E-state index >= 15 is 4.39 Å². The summed E-state index contributed by atoms with van der Waals surface area (Å²) in [5.74, 6) is -0.961. The summed E-state index contributed by atoms with van der Waals surface area (Å²) in [5, 5.41) is 3.22. The first-order chi connectivity index (χ1) is 15.7. The van der Waals surface area contributed by atoms with Crippen LogP contribution >= 0.6 is 11.6 Å². The van der Waals surface area contributed by atoms with E-state index in [4.69, 9.17) is 17.3 Å². The number of amides is 1. The fourth-order valence-electron chi connectivity index (χ4n) is 3.33. The molecule has 33 heavy (non-hydrogen) atoms. The number of anilines is 1. The van der Waals surface area contributed by atoms with Gasteiger partial charge in [-0.3, -0.25) is 4.79 Å². The number of alkyl halides is 2. The average molecular weight is 488 g/mol. The number of hydrogen-bond donors (Lipinski definition) is 1. The van der Waals surface area contributed by atoms with Gasteiger partial charge in [-0.05, 0) is 19.1 Å². The van der Waals surface area contributed by atoms with Crippen LogP contribution in [0.25, 0.3) is 16.9 Å². The van der Waals surface area contributed by atoms with Crippen LogP contribution in [-0.4, -0.2) is 40.6 Å². The highest BCUT2D eigenvalue weighted by atomic mass is 35.5. The molecule has 0 aliphatic heterocycles. The van der Waals surface area contributed by atoms with Crippen LogP contribution in [0.15, 0.2) is 78.0 Å². The summed E-state index contributed by atoms with van der Waals surface area (Å²) in [5.41, 5.74) is 6.84. The predicted octanol–water partition coefficient (Wildman–Crippen LogP) is 3.61. The van der Waals surface area contributed by atoms with Crippen molar-refractivity contribution < 1.29 is 17.6 Å². The Morgan fingerprint density at radius 2 is 1.82 bits per heavy atom. The Morgan fingerprint density at radius 3 is 2.48 bits per heavy atom. The van der Waals surface area contributed by atoms with Gasteiger partial charge in [0.1, 0.15) is 4.90 Å². The smallest absolute Gasteiger partial charge is 0.267 e. The lowest BCUT2D eigenvalue weighted by Gasteiger charge is -2.29. The summed E-state index contributed by atoms with van der Waals surface area (Å²) in [6.45, 7) is 1.32. The van der Waals surface area contributed by atoms with Gasteiger partial charge >= 0.3 is 0 Å². The Bertz CT molecular complexity index is 1430. The Kier molecular flexibility index (Phi) is 6.05. The standard InChI is InChI=1S/C22H19ClFN5O3S/c1-14(23)21(24)29(33(31,32)19-10-6-5-9-17(19)22(25)30)16-12-26-20-11-18(27-28(20)13-16)15-7-3-2-4-8-15/h2-14,21H,1H3,(H2,25,30). The molecule has 4 rings (SSSR count). The zero-order valence-corrected chi connectivity index (χ0v) is 18.9. The van der Waals surface area contributed by atoms with Crippen LogP contribution in [0.1, 0.15) is 17.3 Å². The molecule has 0 radical (unpaired) electrons. The fraction of sp³-hybridized carbons (Fsp3) is 0.136. The van der Waals surface area contributed by atoms with Crippen LogP contribution < -0.4 is 10.0 Å². The lowest BCUT2D eigenvalue weighted by Crippen LogP contribution is -2.43. The lowest BCUT2D eigenvalue weighted by atomic mass is 10.2. The molecule has 2 atom stereocenters. The summed E-state index contributed by atoms with van der Waals surface area (Å²) < 4.78 is 44.2. The average Bonchev–Trinajstić information content (AvgIpc) is 3.23. The topological polar surface area (TPSA) is 111 Å².